The molecule has 0 aliphatic carbocycles. The summed E-state index contributed by atoms with van der Waals surface area (Å²) in [5.41, 5.74) is 9.91. The molecule has 3 nitrogen and oxygen atoms in total. The van der Waals surface area contributed by atoms with Gasteiger partial charge in [-0.25, -0.2) is 0 Å². The minimum atomic E-state index is 0.420. The molecule has 2 N–H and O–H groups in total. The smallest absolute Gasteiger partial charge is 0.118 e. The number of benzene rings is 2. The Kier molecular flexibility index (Phi) is 5.31. The molecule has 110 valence electrons. The summed E-state index contributed by atoms with van der Waals surface area (Å²) in [6.07, 6.45) is 0. The summed E-state index contributed by atoms with van der Waals surface area (Å²) in [5.74, 6) is 0.850. The van der Waals surface area contributed by atoms with E-state index in [9.17, 15) is 0 Å². The standard InChI is InChI=1S/C17H19NO2S/c1-12-9-14(17(18)21)5-6-15(12)11-20-10-13-3-7-16(19-2)8-4-13/h3-9H,10-11H2,1-2H3,(H2,18,21). The number of nitrogens with two attached hydrogens (primary N) is 1. The molecule has 0 heterocycles. The van der Waals surface area contributed by atoms with Gasteiger partial charge in [0.1, 0.15) is 10.7 Å². The second-order valence-corrected chi connectivity index (χ2v) is 5.29. The van der Waals surface area contributed by atoms with E-state index in [1.54, 1.807) is 7.11 Å². The predicted octanol–water partition coefficient (Wildman–Crippen LogP) is 3.35. The Balaban J connectivity index is 1.92. The molecule has 0 spiro atoms. The Bertz CT molecular complexity index is 623. The lowest BCUT2D eigenvalue weighted by Crippen LogP contribution is -2.10. The van der Waals surface area contributed by atoms with Crippen molar-refractivity contribution < 1.29 is 9.47 Å². The Morgan fingerprint density at radius 3 is 2.38 bits per heavy atom. The van der Waals surface area contributed by atoms with E-state index >= 15 is 0 Å². The van der Waals surface area contributed by atoms with E-state index in [4.69, 9.17) is 27.4 Å². The van der Waals surface area contributed by atoms with Crippen LogP contribution in [0.5, 0.6) is 5.75 Å². The van der Waals surface area contributed by atoms with E-state index in [0.29, 0.717) is 18.2 Å². The molecular formula is C17H19NO2S. The van der Waals surface area contributed by atoms with Gasteiger partial charge in [-0.3, -0.25) is 0 Å². The summed E-state index contributed by atoms with van der Waals surface area (Å²) in [6, 6.07) is 13.8. The number of aryl methyl sites for hydroxylation is 1. The Morgan fingerprint density at radius 1 is 1.10 bits per heavy atom. The molecule has 2 aromatic carbocycles. The van der Waals surface area contributed by atoms with Crippen molar-refractivity contribution in [2.45, 2.75) is 20.1 Å². The molecule has 0 aliphatic heterocycles. The van der Waals surface area contributed by atoms with Crippen molar-refractivity contribution >= 4 is 17.2 Å². The lowest BCUT2D eigenvalue weighted by atomic mass is 10.1. The minimum Gasteiger partial charge on any atom is -0.497 e. The summed E-state index contributed by atoms with van der Waals surface area (Å²) in [5, 5.41) is 0. The highest BCUT2D eigenvalue weighted by atomic mass is 32.1. The molecule has 21 heavy (non-hydrogen) atoms. The first kappa shape index (κ1) is 15.5. The van der Waals surface area contributed by atoms with Crippen LogP contribution in [0.3, 0.4) is 0 Å². The van der Waals surface area contributed by atoms with Gasteiger partial charge < -0.3 is 15.2 Å². The fraction of sp³-hybridized carbons (Fsp3) is 0.235. The first-order chi connectivity index (χ1) is 10.1. The molecule has 0 atom stereocenters. The van der Waals surface area contributed by atoms with E-state index in [0.717, 1.165) is 28.0 Å². The normalized spacial score (nSPS) is 10.4. The number of methoxy groups -OCH3 is 1. The Morgan fingerprint density at radius 2 is 1.81 bits per heavy atom. The van der Waals surface area contributed by atoms with Crippen molar-refractivity contribution in [1.29, 1.82) is 0 Å². The molecule has 2 aromatic rings. The largest absolute Gasteiger partial charge is 0.497 e. The molecule has 0 aliphatic rings. The highest BCUT2D eigenvalue weighted by Crippen LogP contribution is 2.15. The van der Waals surface area contributed by atoms with Gasteiger partial charge in [0.25, 0.3) is 0 Å². The third-order valence-electron chi connectivity index (χ3n) is 3.31. The van der Waals surface area contributed by atoms with Crippen molar-refractivity contribution in [3.8, 4) is 5.75 Å². The molecule has 0 bridgehead atoms. The van der Waals surface area contributed by atoms with Crippen molar-refractivity contribution in [2.75, 3.05) is 7.11 Å². The predicted molar refractivity (Wildman–Crippen MR) is 88.6 cm³/mol. The number of hydrogen-bond acceptors (Lipinski definition) is 3. The summed E-state index contributed by atoms with van der Waals surface area (Å²) in [4.78, 5) is 0.420. The van der Waals surface area contributed by atoms with Gasteiger partial charge in [0.15, 0.2) is 0 Å². The van der Waals surface area contributed by atoms with Crippen LogP contribution in [-0.2, 0) is 18.0 Å². The number of hydrogen-bond donors (Lipinski definition) is 1. The lowest BCUT2D eigenvalue weighted by Gasteiger charge is -2.09. The van der Waals surface area contributed by atoms with Gasteiger partial charge in [0, 0.05) is 5.56 Å². The van der Waals surface area contributed by atoms with E-state index in [1.807, 2.05) is 49.4 Å². The Hall–Kier alpha value is -1.91. The highest BCUT2D eigenvalue weighted by molar-refractivity contribution is 7.80. The van der Waals surface area contributed by atoms with E-state index < -0.39 is 0 Å². The van der Waals surface area contributed by atoms with Gasteiger partial charge in [-0.2, -0.15) is 0 Å². The monoisotopic (exact) mass is 301 g/mol. The van der Waals surface area contributed by atoms with E-state index in [1.165, 1.54) is 0 Å². The molecule has 0 radical (unpaired) electrons. The van der Waals surface area contributed by atoms with E-state index in [2.05, 4.69) is 0 Å². The molecule has 0 fully saturated rings. The maximum atomic E-state index is 5.76. The van der Waals surface area contributed by atoms with Crippen LogP contribution in [0.4, 0.5) is 0 Å². The van der Waals surface area contributed by atoms with Gasteiger partial charge >= 0.3 is 0 Å². The summed E-state index contributed by atoms with van der Waals surface area (Å²) < 4.78 is 10.9. The van der Waals surface area contributed by atoms with Crippen LogP contribution in [-0.4, -0.2) is 12.1 Å². The lowest BCUT2D eigenvalue weighted by molar-refractivity contribution is 0.107. The minimum absolute atomic E-state index is 0.420. The van der Waals surface area contributed by atoms with Gasteiger partial charge in [-0.1, -0.05) is 36.5 Å². The summed E-state index contributed by atoms with van der Waals surface area (Å²) >= 11 is 4.97. The average Bonchev–Trinajstić information content (AvgIpc) is 2.49. The van der Waals surface area contributed by atoms with Crippen LogP contribution in [0.1, 0.15) is 22.3 Å². The number of thiocarbonyl (C=S) groups is 1. The van der Waals surface area contributed by atoms with Crippen molar-refractivity contribution in [2.24, 2.45) is 5.73 Å². The zero-order valence-electron chi connectivity index (χ0n) is 12.3. The Labute approximate surface area is 130 Å². The van der Waals surface area contributed by atoms with Crippen LogP contribution in [0, 0.1) is 6.92 Å². The van der Waals surface area contributed by atoms with Crippen LogP contribution >= 0.6 is 12.2 Å². The van der Waals surface area contributed by atoms with Gasteiger partial charge in [-0.05, 0) is 41.8 Å². The fourth-order valence-corrected chi connectivity index (χ4v) is 2.14. The molecule has 0 saturated heterocycles. The fourth-order valence-electron chi connectivity index (χ4n) is 2.01. The van der Waals surface area contributed by atoms with Crippen LogP contribution in [0.15, 0.2) is 42.5 Å². The zero-order chi connectivity index (χ0) is 15.2. The average molecular weight is 301 g/mol. The summed E-state index contributed by atoms with van der Waals surface area (Å²) in [7, 11) is 1.66. The number of rotatable bonds is 6. The molecule has 2 rings (SSSR count). The summed E-state index contributed by atoms with van der Waals surface area (Å²) in [6.45, 7) is 3.17. The quantitative estimate of drug-likeness (QED) is 0.831. The molecule has 4 heteroatoms. The first-order valence-corrected chi connectivity index (χ1v) is 7.11. The van der Waals surface area contributed by atoms with Crippen molar-refractivity contribution in [3.05, 3.63) is 64.7 Å². The third kappa shape index (κ3) is 4.28. The van der Waals surface area contributed by atoms with Gasteiger partial charge in [-0.15, -0.1) is 0 Å². The highest BCUT2D eigenvalue weighted by Gasteiger charge is 2.03. The molecular weight excluding hydrogens is 282 g/mol. The van der Waals surface area contributed by atoms with Gasteiger partial charge in [0.05, 0.1) is 20.3 Å². The number of ether oxygens (including phenoxy) is 2. The van der Waals surface area contributed by atoms with Crippen LogP contribution < -0.4 is 10.5 Å². The second-order valence-electron chi connectivity index (χ2n) is 4.85. The van der Waals surface area contributed by atoms with Gasteiger partial charge in [0.2, 0.25) is 0 Å². The maximum Gasteiger partial charge on any atom is 0.118 e. The molecule has 0 unspecified atom stereocenters. The SMILES string of the molecule is COc1ccc(COCc2ccc(C(N)=S)cc2C)cc1. The molecule has 0 saturated carbocycles. The van der Waals surface area contributed by atoms with Crippen LogP contribution in [0.25, 0.3) is 0 Å². The van der Waals surface area contributed by atoms with Crippen LogP contribution in [0.2, 0.25) is 0 Å². The first-order valence-electron chi connectivity index (χ1n) is 6.70. The van der Waals surface area contributed by atoms with Crippen molar-refractivity contribution in [3.63, 3.8) is 0 Å². The zero-order valence-corrected chi connectivity index (χ0v) is 13.1. The second kappa shape index (κ2) is 7.20. The molecule has 0 amide bonds. The van der Waals surface area contributed by atoms with Crippen molar-refractivity contribution in [1.82, 2.24) is 0 Å². The van der Waals surface area contributed by atoms with E-state index in [-0.39, 0.29) is 0 Å². The third-order valence-corrected chi connectivity index (χ3v) is 3.55. The topological polar surface area (TPSA) is 44.5 Å². The maximum absolute atomic E-state index is 5.76. The molecule has 0 aromatic heterocycles.